The van der Waals surface area contributed by atoms with Gasteiger partial charge in [0.15, 0.2) is 0 Å². The molecule has 2 heterocycles. The third-order valence-corrected chi connectivity index (χ3v) is 8.82. The molecule has 0 amide bonds. The van der Waals surface area contributed by atoms with Gasteiger partial charge in [-0.3, -0.25) is 0 Å². The van der Waals surface area contributed by atoms with Crippen LogP contribution >= 0.6 is 21.6 Å². The number of nitrogens with one attached hydrogen (secondary N) is 6. The molecule has 0 aromatic carbocycles. The number of hydrogen-bond acceptors (Lipinski definition) is 14. The first-order chi connectivity index (χ1) is 27.5. The number of hydrogen-bond donors (Lipinski definition) is 14. The maximum absolute atomic E-state index is 9.10. The molecule has 0 spiro atoms. The van der Waals surface area contributed by atoms with E-state index in [-0.39, 0.29) is 0 Å². The van der Waals surface area contributed by atoms with Crippen molar-refractivity contribution < 1.29 is 79.2 Å². The lowest BCUT2D eigenvalue weighted by molar-refractivity contribution is -0.159. The molecule has 24 heteroatoms. The van der Waals surface area contributed by atoms with Crippen molar-refractivity contribution in [3.8, 4) is 0 Å². The first-order valence-corrected chi connectivity index (χ1v) is 20.2. The smallest absolute Gasteiger partial charge is 0.414 e. The number of carboxylic acids is 8. The molecule has 0 aliphatic heterocycles. The number of aromatic amines is 2. The first-order valence-electron chi connectivity index (χ1n) is 17.7. The second-order valence-electron chi connectivity index (χ2n) is 11.2. The van der Waals surface area contributed by atoms with E-state index >= 15 is 0 Å². The minimum atomic E-state index is -1.82. The van der Waals surface area contributed by atoms with Crippen LogP contribution in [0.1, 0.15) is 62.8 Å². The van der Waals surface area contributed by atoms with Crippen molar-refractivity contribution in [3.63, 3.8) is 0 Å². The van der Waals surface area contributed by atoms with Gasteiger partial charge in [-0.2, -0.15) is 0 Å². The van der Waals surface area contributed by atoms with Crippen molar-refractivity contribution in [3.05, 3.63) is 48.0 Å². The molecule has 0 bridgehead atoms. The highest BCUT2D eigenvalue weighted by molar-refractivity contribution is 8.76. The first kappa shape index (κ1) is 57.2. The van der Waals surface area contributed by atoms with Gasteiger partial charge in [0, 0.05) is 61.5 Å². The molecule has 0 unspecified atom stereocenters. The summed E-state index contributed by atoms with van der Waals surface area (Å²) in [6.07, 6.45) is 14.4. The van der Waals surface area contributed by atoms with Gasteiger partial charge in [-0.25, -0.2) is 38.4 Å². The zero-order valence-electron chi connectivity index (χ0n) is 31.9. The van der Waals surface area contributed by atoms with Crippen LogP contribution in [0.5, 0.6) is 0 Å². The van der Waals surface area contributed by atoms with Gasteiger partial charge < -0.3 is 72.1 Å². The normalized spacial score (nSPS) is 9.72. The number of H-pyrrole nitrogens is 2. The molecule has 22 nitrogen and oxygen atoms in total. The fourth-order valence-electron chi connectivity index (χ4n) is 3.70. The van der Waals surface area contributed by atoms with Crippen LogP contribution < -0.4 is 21.3 Å². The molecule has 58 heavy (non-hydrogen) atoms. The summed E-state index contributed by atoms with van der Waals surface area (Å²) in [5, 5.41) is 73.3. The number of unbranched alkanes of at least 4 members (excludes halogenated alkanes) is 6. The fourth-order valence-corrected chi connectivity index (χ4v) is 5.60. The van der Waals surface area contributed by atoms with E-state index in [4.69, 9.17) is 79.2 Å². The van der Waals surface area contributed by atoms with Crippen LogP contribution in [0.25, 0.3) is 0 Å². The maximum Gasteiger partial charge on any atom is 0.414 e. The van der Waals surface area contributed by atoms with Crippen molar-refractivity contribution in [2.24, 2.45) is 0 Å². The summed E-state index contributed by atoms with van der Waals surface area (Å²) in [6, 6.07) is 8.36. The van der Waals surface area contributed by atoms with E-state index in [0.717, 1.165) is 52.4 Å². The van der Waals surface area contributed by atoms with Crippen LogP contribution in [0, 0.1) is 0 Å². The third kappa shape index (κ3) is 47.0. The van der Waals surface area contributed by atoms with E-state index in [2.05, 4.69) is 55.5 Å². The van der Waals surface area contributed by atoms with Crippen LogP contribution in [0.2, 0.25) is 0 Å². The number of carboxylic acid groups (broad SMARTS) is 8. The summed E-state index contributed by atoms with van der Waals surface area (Å²) in [5.74, 6) is -12.2. The molecule has 0 fully saturated rings. The van der Waals surface area contributed by atoms with E-state index in [1.165, 1.54) is 74.3 Å². The second-order valence-corrected chi connectivity index (χ2v) is 13.9. The third-order valence-electron chi connectivity index (χ3n) is 6.41. The van der Waals surface area contributed by atoms with Crippen LogP contribution in [0.3, 0.4) is 0 Å². The van der Waals surface area contributed by atoms with Crippen LogP contribution in [-0.2, 0) is 51.4 Å². The molecule has 0 saturated carbocycles. The summed E-state index contributed by atoms with van der Waals surface area (Å²) in [7, 11) is 4.00. The van der Waals surface area contributed by atoms with E-state index in [1.807, 2.05) is 34.0 Å². The molecule has 2 aromatic rings. The van der Waals surface area contributed by atoms with Gasteiger partial charge in [0.1, 0.15) is 0 Å². The number of carbonyl (C=O) groups is 8. The van der Waals surface area contributed by atoms with Crippen LogP contribution in [0.4, 0.5) is 0 Å². The summed E-state index contributed by atoms with van der Waals surface area (Å²) in [5.41, 5.74) is 2.54. The Morgan fingerprint density at radius 2 is 0.655 bits per heavy atom. The van der Waals surface area contributed by atoms with Crippen molar-refractivity contribution in [1.29, 1.82) is 0 Å². The maximum atomic E-state index is 9.10. The Balaban J connectivity index is -0.00000101. The molecule has 14 N–H and O–H groups in total. The molecular formula is C34H56N6O16S2. The molecule has 330 valence electrons. The highest BCUT2D eigenvalue weighted by Crippen LogP contribution is 2.19. The SMILES string of the molecule is O=C(O)C(=O)O.O=C(O)C(=O)O.O=C(O)C(=O)O.O=C(O)C(=O)O.c1c[nH]c(CNCCCCCCNCCSSCCNCCCCCCNCc2ccc[nH]2)c1. The lowest BCUT2D eigenvalue weighted by Crippen LogP contribution is -2.19. The van der Waals surface area contributed by atoms with Crippen molar-refractivity contribution in [2.75, 3.05) is 50.8 Å². The molecule has 0 saturated heterocycles. The second kappa shape index (κ2) is 41.5. The van der Waals surface area contributed by atoms with Crippen molar-refractivity contribution in [1.82, 2.24) is 31.2 Å². The highest BCUT2D eigenvalue weighted by atomic mass is 33.1. The van der Waals surface area contributed by atoms with Gasteiger partial charge >= 0.3 is 47.8 Å². The predicted molar refractivity (Wildman–Crippen MR) is 214 cm³/mol. The minimum Gasteiger partial charge on any atom is -0.473 e. The van der Waals surface area contributed by atoms with Gasteiger partial charge in [0.2, 0.25) is 0 Å². The average Bonchev–Trinajstić information content (AvgIpc) is 3.89. The molecule has 0 radical (unpaired) electrons. The molecule has 0 aliphatic rings. The number of aliphatic carboxylic acids is 8. The predicted octanol–water partition coefficient (Wildman–Crippen LogP) is 1.53. The molecular weight excluding hydrogens is 813 g/mol. The van der Waals surface area contributed by atoms with Gasteiger partial charge in [-0.05, 0) is 76.1 Å². The summed E-state index contributed by atoms with van der Waals surface area (Å²) in [6.45, 7) is 8.70. The number of rotatable bonds is 25. The highest BCUT2D eigenvalue weighted by Gasteiger charge is 2.06. The van der Waals surface area contributed by atoms with Gasteiger partial charge in [-0.15, -0.1) is 0 Å². The molecule has 0 atom stereocenters. The minimum absolute atomic E-state index is 0.953. The Bertz CT molecular complexity index is 1200. The summed E-state index contributed by atoms with van der Waals surface area (Å²) >= 11 is 0. The van der Waals surface area contributed by atoms with Crippen LogP contribution in [0.15, 0.2) is 36.7 Å². The van der Waals surface area contributed by atoms with E-state index in [0.29, 0.717) is 0 Å². The standard InChI is InChI=1S/C26H48N6S2.4C2H2O4/c1(3-7-15-29-23-25-11-9-17-31-25)5-13-27-19-21-33-34-22-20-28-14-6-2-4-8-16-30-24-26-12-10-18-32-26;4*3-1(4)2(5)6/h9-12,17-18,27-32H,1-8,13-16,19-24H2;4*(H,3,4)(H,5,6). The van der Waals surface area contributed by atoms with Gasteiger partial charge in [-0.1, -0.05) is 47.3 Å². The van der Waals surface area contributed by atoms with E-state index < -0.39 is 47.8 Å². The van der Waals surface area contributed by atoms with Gasteiger partial charge in [0.05, 0.1) is 0 Å². The van der Waals surface area contributed by atoms with Crippen LogP contribution in [-0.4, -0.2) is 149 Å². The number of aromatic nitrogens is 2. The monoisotopic (exact) mass is 868 g/mol. The quantitative estimate of drug-likeness (QED) is 0.0382. The van der Waals surface area contributed by atoms with E-state index in [9.17, 15) is 0 Å². The summed E-state index contributed by atoms with van der Waals surface area (Å²) in [4.78, 5) is 79.2. The molecule has 2 aromatic heterocycles. The van der Waals surface area contributed by atoms with E-state index in [1.54, 1.807) is 0 Å². The fraction of sp³-hybridized carbons (Fsp3) is 0.529. The van der Waals surface area contributed by atoms with Crippen molar-refractivity contribution in [2.45, 2.75) is 64.5 Å². The Kier molecular flexibility index (Phi) is 40.9. The molecule has 0 aliphatic carbocycles. The Labute approximate surface area is 342 Å². The zero-order chi connectivity index (χ0) is 44.4. The Morgan fingerprint density at radius 3 is 0.879 bits per heavy atom. The Hall–Kier alpha value is -5.14. The molecule has 2 rings (SSSR count). The average molecular weight is 869 g/mol. The Morgan fingerprint density at radius 1 is 0.397 bits per heavy atom. The van der Waals surface area contributed by atoms with Crippen molar-refractivity contribution >= 4 is 69.3 Å². The van der Waals surface area contributed by atoms with Gasteiger partial charge in [0.25, 0.3) is 0 Å². The zero-order valence-corrected chi connectivity index (χ0v) is 33.5. The largest absolute Gasteiger partial charge is 0.473 e. The lowest BCUT2D eigenvalue weighted by Gasteiger charge is -2.07. The topological polar surface area (TPSA) is 378 Å². The summed E-state index contributed by atoms with van der Waals surface area (Å²) < 4.78 is 0. The lowest BCUT2D eigenvalue weighted by atomic mass is 10.2.